The van der Waals surface area contributed by atoms with E-state index in [-0.39, 0.29) is 18.4 Å². The maximum absolute atomic E-state index is 10.0. The van der Waals surface area contributed by atoms with E-state index in [1.165, 1.54) is 0 Å². The Hall–Kier alpha value is -0.0200. The van der Waals surface area contributed by atoms with E-state index in [0.29, 0.717) is 19.6 Å². The highest BCUT2D eigenvalue weighted by atomic mass is 31.2. The van der Waals surface area contributed by atoms with Gasteiger partial charge in [0.25, 0.3) is 0 Å². The van der Waals surface area contributed by atoms with Gasteiger partial charge in [-0.1, -0.05) is 20.1 Å². The fourth-order valence-electron chi connectivity index (χ4n) is 2.43. The first kappa shape index (κ1) is 25.0. The number of rotatable bonds is 12. The summed E-state index contributed by atoms with van der Waals surface area (Å²) in [5, 5.41) is 30.0. The summed E-state index contributed by atoms with van der Waals surface area (Å²) >= 11 is 0. The molecule has 1 aliphatic rings. The Morgan fingerprint density at radius 2 is 1.59 bits per heavy atom. The van der Waals surface area contributed by atoms with Gasteiger partial charge in [0.15, 0.2) is 6.29 Å². The van der Waals surface area contributed by atoms with Gasteiger partial charge in [-0.05, 0) is 33.1 Å². The van der Waals surface area contributed by atoms with Crippen molar-refractivity contribution in [1.82, 2.24) is 0 Å². The number of aliphatic hydroxyl groups excluding tert-OH is 3. The van der Waals surface area contributed by atoms with E-state index in [9.17, 15) is 20.2 Å². The molecule has 0 bridgehead atoms. The number of hydrogen-bond acceptors (Lipinski definition) is 8. The van der Waals surface area contributed by atoms with E-state index in [1.807, 2.05) is 27.7 Å². The molecule has 0 radical (unpaired) electrons. The van der Waals surface area contributed by atoms with Gasteiger partial charge in [0.2, 0.25) is 0 Å². The molecule has 0 aromatic rings. The molecule has 6 unspecified atom stereocenters. The molecule has 0 spiro atoms. The number of aliphatic hydroxyl groups is 3. The van der Waals surface area contributed by atoms with E-state index in [2.05, 4.69) is 6.30 Å². The fourth-order valence-corrected chi connectivity index (χ4v) is 3.17. The van der Waals surface area contributed by atoms with E-state index in [1.54, 1.807) is 0 Å². The van der Waals surface area contributed by atoms with Gasteiger partial charge in [0.05, 0.1) is 19.3 Å². The van der Waals surface area contributed by atoms with Crippen LogP contribution in [0.3, 0.4) is 0 Å². The Bertz CT molecular complexity index is 459. The first-order valence-electron chi connectivity index (χ1n) is 9.59. The zero-order valence-corrected chi connectivity index (χ0v) is 17.8. The minimum atomic E-state index is -2.53. The molecule has 0 amide bonds. The third-order valence-electron chi connectivity index (χ3n) is 4.45. The molecule has 0 aliphatic carbocycles. The van der Waals surface area contributed by atoms with Crippen molar-refractivity contribution >= 4 is 13.6 Å². The molecule has 1 rings (SSSR count). The highest BCUT2D eigenvalue weighted by Gasteiger charge is 2.44. The van der Waals surface area contributed by atoms with Crippen molar-refractivity contribution in [3.63, 3.8) is 0 Å². The first-order valence-corrected chi connectivity index (χ1v) is 11.5. The second kappa shape index (κ2) is 11.9. The minimum Gasteiger partial charge on any atom is -0.387 e. The van der Waals surface area contributed by atoms with Crippen LogP contribution in [-0.2, 0) is 18.7 Å². The van der Waals surface area contributed by atoms with Gasteiger partial charge in [-0.25, -0.2) is 0 Å². The largest absolute Gasteiger partial charge is 0.387 e. The summed E-state index contributed by atoms with van der Waals surface area (Å²) in [6.45, 7) is 8.36. The van der Waals surface area contributed by atoms with Gasteiger partial charge in [0.1, 0.15) is 31.8 Å². The second-order valence-electron chi connectivity index (χ2n) is 7.51. The predicted molar refractivity (Wildman–Crippen MR) is 105 cm³/mol. The third kappa shape index (κ3) is 8.48. The molecule has 4 N–H and O–H groups in total. The molecule has 1 fully saturated rings. The van der Waals surface area contributed by atoms with Crippen LogP contribution in [0.2, 0.25) is 0 Å². The standard InChI is InChI=1S/C18H37O8P/c1-12(2)24-11-14-15(19)16(20)17(21)18(26-14)23-9-7-6-8-10-25-27(5,22)13(3)4/h12-22H,5-11H2,1-4H3. The fraction of sp³-hybridized carbons (Fsp3) is 0.944. The number of unbranched alkanes of at least 4 members (excludes halogenated alkanes) is 2. The Morgan fingerprint density at radius 1 is 0.963 bits per heavy atom. The summed E-state index contributed by atoms with van der Waals surface area (Å²) in [6.07, 6.45) is 0.281. The number of ether oxygens (including phenoxy) is 3. The van der Waals surface area contributed by atoms with Crippen LogP contribution in [0.25, 0.3) is 0 Å². The molecule has 0 saturated carbocycles. The molecule has 1 saturated heterocycles. The third-order valence-corrected chi connectivity index (χ3v) is 6.70. The van der Waals surface area contributed by atoms with Crippen molar-refractivity contribution in [2.24, 2.45) is 0 Å². The van der Waals surface area contributed by atoms with Crippen LogP contribution in [0.5, 0.6) is 0 Å². The first-order chi connectivity index (χ1) is 12.6. The smallest absolute Gasteiger partial charge is 0.186 e. The zero-order valence-electron chi connectivity index (χ0n) is 16.9. The summed E-state index contributed by atoms with van der Waals surface area (Å²) in [5.41, 5.74) is 0.0140. The van der Waals surface area contributed by atoms with Crippen LogP contribution in [0.15, 0.2) is 0 Å². The number of hydrogen-bond donors (Lipinski definition) is 4. The van der Waals surface area contributed by atoms with Crippen LogP contribution in [0.4, 0.5) is 0 Å². The van der Waals surface area contributed by atoms with Gasteiger partial charge in [-0.2, -0.15) is 0 Å². The molecule has 1 aliphatic heterocycles. The Labute approximate surface area is 162 Å². The molecule has 8 nitrogen and oxygen atoms in total. The molecule has 0 aromatic carbocycles. The van der Waals surface area contributed by atoms with Gasteiger partial charge in [-0.15, -0.1) is 0 Å². The highest BCUT2D eigenvalue weighted by Crippen LogP contribution is 2.46. The van der Waals surface area contributed by atoms with Crippen LogP contribution in [0.1, 0.15) is 47.0 Å². The molecular formula is C18H37O8P. The van der Waals surface area contributed by atoms with E-state index < -0.39 is 38.0 Å². The average molecular weight is 412 g/mol. The van der Waals surface area contributed by atoms with Gasteiger partial charge in [0, 0.05) is 12.3 Å². The molecule has 0 aromatic heterocycles. The summed E-state index contributed by atoms with van der Waals surface area (Å²) in [6, 6.07) is 0. The molecule has 162 valence electrons. The van der Waals surface area contributed by atoms with E-state index >= 15 is 0 Å². The van der Waals surface area contributed by atoms with E-state index in [0.717, 1.165) is 12.8 Å². The van der Waals surface area contributed by atoms with Crippen molar-refractivity contribution in [3.05, 3.63) is 0 Å². The van der Waals surface area contributed by atoms with Gasteiger partial charge in [-0.3, -0.25) is 0 Å². The van der Waals surface area contributed by atoms with Crippen LogP contribution >= 0.6 is 7.34 Å². The summed E-state index contributed by atoms with van der Waals surface area (Å²) in [5.74, 6) is 0. The normalized spacial score (nSPS) is 31.4. The topological polar surface area (TPSA) is 118 Å². The Balaban J connectivity index is 2.29. The maximum atomic E-state index is 10.0. The lowest BCUT2D eigenvalue weighted by Gasteiger charge is -2.40. The second-order valence-corrected chi connectivity index (χ2v) is 10.3. The lowest BCUT2D eigenvalue weighted by molar-refractivity contribution is -0.304. The highest BCUT2D eigenvalue weighted by molar-refractivity contribution is 7.64. The van der Waals surface area contributed by atoms with E-state index in [4.69, 9.17) is 18.7 Å². The van der Waals surface area contributed by atoms with Crippen molar-refractivity contribution in [1.29, 1.82) is 0 Å². The Morgan fingerprint density at radius 3 is 2.19 bits per heavy atom. The monoisotopic (exact) mass is 412 g/mol. The van der Waals surface area contributed by atoms with Crippen molar-refractivity contribution < 1.29 is 38.9 Å². The van der Waals surface area contributed by atoms with Crippen LogP contribution in [0, 0.1) is 0 Å². The molecule has 6 atom stereocenters. The lowest BCUT2D eigenvalue weighted by Crippen LogP contribution is -2.59. The molecule has 1 heterocycles. The zero-order chi connectivity index (χ0) is 20.6. The van der Waals surface area contributed by atoms with Crippen LogP contribution < -0.4 is 0 Å². The minimum absolute atomic E-state index is 0.0140. The van der Waals surface area contributed by atoms with Gasteiger partial charge >= 0.3 is 0 Å². The molecule has 27 heavy (non-hydrogen) atoms. The van der Waals surface area contributed by atoms with Crippen molar-refractivity contribution in [2.75, 3.05) is 19.8 Å². The summed E-state index contributed by atoms with van der Waals surface area (Å²) in [7, 11) is -2.53. The Kier molecular flexibility index (Phi) is 11.0. The molecular weight excluding hydrogens is 375 g/mol. The maximum Gasteiger partial charge on any atom is 0.186 e. The SMILES string of the molecule is C=P(O)(OCCCCCOC1OC(COC(C)C)C(O)C(O)C1O)C(C)C. The predicted octanol–water partition coefficient (Wildman–Crippen LogP) is 1.10. The van der Waals surface area contributed by atoms with Crippen molar-refractivity contribution in [3.8, 4) is 0 Å². The van der Waals surface area contributed by atoms with Crippen molar-refractivity contribution in [2.45, 2.75) is 89.4 Å². The summed E-state index contributed by atoms with van der Waals surface area (Å²) < 4.78 is 22.0. The summed E-state index contributed by atoms with van der Waals surface area (Å²) in [4.78, 5) is 10.00. The van der Waals surface area contributed by atoms with Crippen LogP contribution in [-0.4, -0.2) is 88.8 Å². The average Bonchev–Trinajstić information content (AvgIpc) is 2.59. The quantitative estimate of drug-likeness (QED) is 0.278. The lowest BCUT2D eigenvalue weighted by atomic mass is 9.99. The molecule has 9 heteroatoms. The van der Waals surface area contributed by atoms with Gasteiger partial charge < -0.3 is 38.9 Å².